The van der Waals surface area contributed by atoms with Gasteiger partial charge in [0.05, 0.1) is 10.8 Å². The number of aryl methyl sites for hydroxylation is 1. The summed E-state index contributed by atoms with van der Waals surface area (Å²) < 4.78 is 26.0. The topological polar surface area (TPSA) is 69.7 Å². The van der Waals surface area contributed by atoms with E-state index in [1.807, 2.05) is 48.2 Å². The van der Waals surface area contributed by atoms with Crippen molar-refractivity contribution in [3.8, 4) is 0 Å². The molecule has 0 bridgehead atoms. The van der Waals surface area contributed by atoms with E-state index in [1.165, 1.54) is 5.56 Å². The van der Waals surface area contributed by atoms with Gasteiger partial charge in [0.15, 0.2) is 0 Å². The average molecular weight is 534 g/mol. The Balaban J connectivity index is 1.52. The standard InChI is InChI=1S/C31H39N3O3S/c1-24(2)30(27-13-8-5-9-14-27)23-33(21-26-11-6-4-7-12-26)31(35)28-15-10-20-34(22-28)32-38(36,37)29-18-16-25(3)17-19-29/h4-9,11-14,16-19,24,28,30,32H,10,15,20-23H2,1-3H3. The van der Waals surface area contributed by atoms with Crippen molar-refractivity contribution in [2.24, 2.45) is 11.8 Å². The van der Waals surface area contributed by atoms with Crippen LogP contribution in [-0.2, 0) is 21.4 Å². The first-order valence-electron chi connectivity index (χ1n) is 13.4. The molecule has 1 aliphatic rings. The Kier molecular flexibility index (Phi) is 9.36. The second-order valence-corrected chi connectivity index (χ2v) is 12.3. The molecule has 1 amide bonds. The summed E-state index contributed by atoms with van der Waals surface area (Å²) >= 11 is 0. The van der Waals surface area contributed by atoms with Crippen molar-refractivity contribution in [2.45, 2.75) is 51.0 Å². The summed E-state index contributed by atoms with van der Waals surface area (Å²) in [7, 11) is -3.71. The summed E-state index contributed by atoms with van der Waals surface area (Å²) in [6.07, 6.45) is 1.49. The van der Waals surface area contributed by atoms with Gasteiger partial charge in [-0.2, -0.15) is 0 Å². The first kappa shape index (κ1) is 28.0. The Morgan fingerprint density at radius 1 is 0.974 bits per heavy atom. The zero-order chi connectivity index (χ0) is 27.1. The van der Waals surface area contributed by atoms with Crippen LogP contribution >= 0.6 is 0 Å². The third-order valence-electron chi connectivity index (χ3n) is 7.33. The van der Waals surface area contributed by atoms with E-state index < -0.39 is 10.0 Å². The van der Waals surface area contributed by atoms with E-state index in [0.29, 0.717) is 32.1 Å². The fourth-order valence-corrected chi connectivity index (χ4v) is 6.24. The second-order valence-electron chi connectivity index (χ2n) is 10.7. The van der Waals surface area contributed by atoms with Crippen molar-refractivity contribution in [3.63, 3.8) is 0 Å². The third-order valence-corrected chi connectivity index (χ3v) is 8.72. The molecular formula is C31H39N3O3S. The fraction of sp³-hybridized carbons (Fsp3) is 0.387. The maximum Gasteiger partial charge on any atom is 0.253 e. The van der Waals surface area contributed by atoms with Crippen molar-refractivity contribution in [1.82, 2.24) is 14.7 Å². The summed E-state index contributed by atoms with van der Waals surface area (Å²) in [5, 5.41) is 1.69. The van der Waals surface area contributed by atoms with Gasteiger partial charge in [-0.25, -0.2) is 13.4 Å². The number of piperidine rings is 1. The number of nitrogens with zero attached hydrogens (tertiary/aromatic N) is 2. The summed E-state index contributed by atoms with van der Waals surface area (Å²) in [4.78, 5) is 19.0. The maximum absolute atomic E-state index is 14.0. The van der Waals surface area contributed by atoms with Crippen LogP contribution < -0.4 is 4.83 Å². The molecule has 38 heavy (non-hydrogen) atoms. The Labute approximate surface area is 227 Å². The van der Waals surface area contributed by atoms with Gasteiger partial charge in [-0.1, -0.05) is 92.2 Å². The van der Waals surface area contributed by atoms with Crippen molar-refractivity contribution >= 4 is 15.9 Å². The highest BCUT2D eigenvalue weighted by atomic mass is 32.2. The molecule has 3 aromatic carbocycles. The first-order valence-corrected chi connectivity index (χ1v) is 14.9. The molecule has 1 aliphatic heterocycles. The highest BCUT2D eigenvalue weighted by Gasteiger charge is 2.33. The second kappa shape index (κ2) is 12.7. The lowest BCUT2D eigenvalue weighted by molar-refractivity contribution is -0.138. The molecule has 0 spiro atoms. The maximum atomic E-state index is 14.0. The number of sulfonamides is 1. The number of carbonyl (C=O) groups is 1. The van der Waals surface area contributed by atoms with E-state index >= 15 is 0 Å². The lowest BCUT2D eigenvalue weighted by atomic mass is 9.87. The van der Waals surface area contributed by atoms with E-state index in [0.717, 1.165) is 24.0 Å². The van der Waals surface area contributed by atoms with Crippen molar-refractivity contribution in [1.29, 1.82) is 0 Å². The molecule has 1 N–H and O–H groups in total. The number of nitrogens with one attached hydrogen (secondary N) is 1. The summed E-state index contributed by atoms with van der Waals surface area (Å²) in [6, 6.07) is 27.3. The van der Waals surface area contributed by atoms with Gasteiger partial charge >= 0.3 is 0 Å². The van der Waals surface area contributed by atoms with Gasteiger partial charge in [0.25, 0.3) is 10.0 Å². The van der Waals surface area contributed by atoms with E-state index in [2.05, 4.69) is 42.9 Å². The molecule has 1 fully saturated rings. The van der Waals surface area contributed by atoms with Crippen LogP contribution in [0.2, 0.25) is 0 Å². The van der Waals surface area contributed by atoms with Gasteiger partial charge in [0, 0.05) is 32.1 Å². The molecule has 7 heteroatoms. The van der Waals surface area contributed by atoms with Gasteiger partial charge in [0.1, 0.15) is 0 Å². The predicted octanol–water partition coefficient (Wildman–Crippen LogP) is 5.37. The van der Waals surface area contributed by atoms with Crippen LogP contribution in [0.3, 0.4) is 0 Å². The minimum Gasteiger partial charge on any atom is -0.337 e. The van der Waals surface area contributed by atoms with Crippen molar-refractivity contribution in [2.75, 3.05) is 19.6 Å². The zero-order valence-electron chi connectivity index (χ0n) is 22.6. The summed E-state index contributed by atoms with van der Waals surface area (Å²) in [5.41, 5.74) is 3.31. The third kappa shape index (κ3) is 7.31. The van der Waals surface area contributed by atoms with Crippen LogP contribution in [0.4, 0.5) is 0 Å². The van der Waals surface area contributed by atoms with E-state index in [9.17, 15) is 13.2 Å². The fourth-order valence-electron chi connectivity index (χ4n) is 5.13. The minimum atomic E-state index is -3.71. The molecular weight excluding hydrogens is 494 g/mol. The zero-order valence-corrected chi connectivity index (χ0v) is 23.4. The average Bonchev–Trinajstić information content (AvgIpc) is 2.91. The number of hydrogen-bond donors (Lipinski definition) is 1. The highest BCUT2D eigenvalue weighted by Crippen LogP contribution is 2.28. The monoisotopic (exact) mass is 533 g/mol. The largest absolute Gasteiger partial charge is 0.337 e. The molecule has 0 aliphatic carbocycles. The molecule has 202 valence electrons. The van der Waals surface area contributed by atoms with Gasteiger partial charge in [0.2, 0.25) is 5.91 Å². The number of hydrazine groups is 1. The molecule has 6 nitrogen and oxygen atoms in total. The SMILES string of the molecule is Cc1ccc(S(=O)(=O)NN2CCCC(C(=O)N(Cc3ccccc3)CC(c3ccccc3)C(C)C)C2)cc1. The van der Waals surface area contributed by atoms with Gasteiger partial charge < -0.3 is 4.90 Å². The molecule has 1 heterocycles. The Hall–Kier alpha value is -3.00. The Morgan fingerprint density at radius 2 is 1.61 bits per heavy atom. The van der Waals surface area contributed by atoms with Crippen molar-refractivity contribution < 1.29 is 13.2 Å². The molecule has 0 saturated carbocycles. The molecule has 3 aromatic rings. The van der Waals surface area contributed by atoms with Gasteiger partial charge in [-0.05, 0) is 48.9 Å². The van der Waals surface area contributed by atoms with E-state index in [4.69, 9.17) is 0 Å². The highest BCUT2D eigenvalue weighted by molar-refractivity contribution is 7.89. The van der Waals surface area contributed by atoms with E-state index in [-0.39, 0.29) is 22.6 Å². The molecule has 2 atom stereocenters. The summed E-state index contributed by atoms with van der Waals surface area (Å²) in [6.45, 7) is 8.39. The first-order chi connectivity index (χ1) is 18.2. The van der Waals surface area contributed by atoms with Crippen molar-refractivity contribution in [3.05, 3.63) is 102 Å². The van der Waals surface area contributed by atoms with Gasteiger partial charge in [-0.3, -0.25) is 4.79 Å². The molecule has 4 rings (SSSR count). The predicted molar refractivity (Wildman–Crippen MR) is 152 cm³/mol. The Morgan fingerprint density at radius 3 is 2.24 bits per heavy atom. The van der Waals surface area contributed by atoms with E-state index in [1.54, 1.807) is 29.3 Å². The number of benzene rings is 3. The summed E-state index contributed by atoms with van der Waals surface area (Å²) in [5.74, 6) is 0.350. The lowest BCUT2D eigenvalue weighted by Gasteiger charge is -2.37. The molecule has 0 aromatic heterocycles. The number of carbonyl (C=O) groups excluding carboxylic acids is 1. The number of rotatable bonds is 10. The smallest absolute Gasteiger partial charge is 0.253 e. The molecule has 2 unspecified atom stereocenters. The Bertz CT molecular complexity index is 1280. The molecule has 1 saturated heterocycles. The molecule has 0 radical (unpaired) electrons. The number of amides is 1. The van der Waals surface area contributed by atoms with Gasteiger partial charge in [-0.15, -0.1) is 4.83 Å². The van der Waals surface area contributed by atoms with Crippen LogP contribution in [0.25, 0.3) is 0 Å². The minimum absolute atomic E-state index is 0.0784. The normalized spacial score (nSPS) is 17.3. The quantitative estimate of drug-likeness (QED) is 0.381. The van der Waals surface area contributed by atoms with Crippen LogP contribution in [-0.4, -0.2) is 43.9 Å². The van der Waals surface area contributed by atoms with Crippen LogP contribution in [0, 0.1) is 18.8 Å². The lowest BCUT2D eigenvalue weighted by Crippen LogP contribution is -2.51. The van der Waals surface area contributed by atoms with Crippen LogP contribution in [0.1, 0.15) is 49.3 Å². The number of hydrogen-bond acceptors (Lipinski definition) is 4. The van der Waals surface area contributed by atoms with Crippen LogP contribution in [0.5, 0.6) is 0 Å². The van der Waals surface area contributed by atoms with Crippen LogP contribution in [0.15, 0.2) is 89.8 Å².